The maximum Gasteiger partial charge on any atom is 0.145 e. The van der Waals surface area contributed by atoms with E-state index in [0.29, 0.717) is 17.1 Å². The number of para-hydroxylation sites is 1. The molecule has 1 aromatic carbocycles. The molecule has 4 rings (SSSR count). The predicted molar refractivity (Wildman–Crippen MR) is 89.8 cm³/mol. The van der Waals surface area contributed by atoms with E-state index < -0.39 is 0 Å². The Labute approximate surface area is 134 Å². The van der Waals surface area contributed by atoms with Crippen LogP contribution in [-0.2, 0) is 11.3 Å². The Morgan fingerprint density at radius 1 is 1.32 bits per heavy atom. The largest absolute Gasteiger partial charge is 0.383 e. The van der Waals surface area contributed by atoms with Crippen LogP contribution in [0.1, 0.15) is 12.2 Å². The molecule has 2 N–H and O–H groups in total. The summed E-state index contributed by atoms with van der Waals surface area (Å²) in [7, 11) is 0. The minimum atomic E-state index is 0.573. The number of nitrogens with zero attached hydrogens (tertiary/aromatic N) is 3. The topological polar surface area (TPSA) is 64.3 Å². The lowest BCUT2D eigenvalue weighted by Gasteiger charge is -2.43. The van der Waals surface area contributed by atoms with Gasteiger partial charge in [-0.1, -0.05) is 12.1 Å². The summed E-state index contributed by atoms with van der Waals surface area (Å²) in [6.07, 6.45) is 1.10. The van der Waals surface area contributed by atoms with Gasteiger partial charge in [-0.25, -0.2) is 9.97 Å². The molecule has 0 unspecified atom stereocenters. The van der Waals surface area contributed by atoms with Crippen LogP contribution in [0.2, 0.25) is 0 Å². The van der Waals surface area contributed by atoms with Gasteiger partial charge in [-0.3, -0.25) is 4.90 Å². The van der Waals surface area contributed by atoms with Crippen molar-refractivity contribution < 1.29 is 4.74 Å². The molecule has 0 bridgehead atoms. The van der Waals surface area contributed by atoms with Gasteiger partial charge in [0.15, 0.2) is 0 Å². The second kappa shape index (κ2) is 6.02. The Hall–Kier alpha value is -1.37. The molecule has 0 radical (unpaired) electrons. The van der Waals surface area contributed by atoms with Gasteiger partial charge in [-0.05, 0) is 18.6 Å². The second-order valence-electron chi connectivity index (χ2n) is 5.85. The summed E-state index contributed by atoms with van der Waals surface area (Å²) in [5, 5.41) is 1.52. The number of aromatic nitrogens is 2. The fourth-order valence-corrected chi connectivity index (χ4v) is 4.73. The molecule has 1 aromatic heterocycles. The van der Waals surface area contributed by atoms with E-state index in [1.807, 2.05) is 36.0 Å². The summed E-state index contributed by atoms with van der Waals surface area (Å²) in [5.74, 6) is 2.55. The predicted octanol–water partition coefficient (Wildman–Crippen LogP) is 1.92. The SMILES string of the molecule is Nc1nc(CN2CCS[C@@H]3COCC[C@H]32)nc2ccccc12. The molecule has 0 saturated carbocycles. The average molecular weight is 316 g/mol. The second-order valence-corrected chi connectivity index (χ2v) is 7.20. The van der Waals surface area contributed by atoms with E-state index in [-0.39, 0.29) is 0 Å². The molecule has 0 aliphatic carbocycles. The zero-order chi connectivity index (χ0) is 14.9. The van der Waals surface area contributed by atoms with Crippen LogP contribution < -0.4 is 5.73 Å². The lowest BCUT2D eigenvalue weighted by Crippen LogP contribution is -2.51. The number of hydrogen-bond acceptors (Lipinski definition) is 6. The smallest absolute Gasteiger partial charge is 0.145 e. The summed E-state index contributed by atoms with van der Waals surface area (Å²) in [4.78, 5) is 11.7. The highest BCUT2D eigenvalue weighted by Gasteiger charge is 2.34. The molecule has 0 amide bonds. The van der Waals surface area contributed by atoms with Crippen LogP contribution in [0.4, 0.5) is 5.82 Å². The third-order valence-corrected chi connectivity index (χ3v) is 5.77. The molecule has 6 heteroatoms. The van der Waals surface area contributed by atoms with Crippen LogP contribution in [0.5, 0.6) is 0 Å². The number of hydrogen-bond donors (Lipinski definition) is 1. The van der Waals surface area contributed by atoms with E-state index >= 15 is 0 Å². The van der Waals surface area contributed by atoms with Crippen molar-refractivity contribution in [1.82, 2.24) is 14.9 Å². The van der Waals surface area contributed by atoms with Crippen molar-refractivity contribution in [3.63, 3.8) is 0 Å². The maximum absolute atomic E-state index is 6.10. The first kappa shape index (κ1) is 14.2. The van der Waals surface area contributed by atoms with E-state index in [1.165, 1.54) is 0 Å². The Balaban J connectivity index is 1.59. The van der Waals surface area contributed by atoms with Gasteiger partial charge in [0.05, 0.1) is 18.7 Å². The maximum atomic E-state index is 6.10. The standard InChI is InChI=1S/C16H20N4OS/c17-16-11-3-1-2-4-12(11)18-15(19-16)9-20-6-8-22-14-10-21-7-5-13(14)20/h1-4,13-14H,5-10H2,(H2,17,18,19)/t13-,14-/m1/s1. The van der Waals surface area contributed by atoms with Gasteiger partial charge in [0.25, 0.3) is 0 Å². The van der Waals surface area contributed by atoms with E-state index in [4.69, 9.17) is 15.5 Å². The molecule has 2 aliphatic heterocycles. The summed E-state index contributed by atoms with van der Waals surface area (Å²) in [6.45, 7) is 3.59. The van der Waals surface area contributed by atoms with E-state index in [2.05, 4.69) is 9.88 Å². The molecular weight excluding hydrogens is 296 g/mol. The van der Waals surface area contributed by atoms with Crippen LogP contribution in [0.3, 0.4) is 0 Å². The molecule has 2 aromatic rings. The lowest BCUT2D eigenvalue weighted by atomic mass is 10.1. The quantitative estimate of drug-likeness (QED) is 0.913. The van der Waals surface area contributed by atoms with Crippen molar-refractivity contribution in [3.8, 4) is 0 Å². The first-order chi connectivity index (χ1) is 10.8. The Morgan fingerprint density at radius 2 is 2.23 bits per heavy atom. The summed E-state index contributed by atoms with van der Waals surface area (Å²) in [6, 6.07) is 8.50. The molecule has 2 atom stereocenters. The fraction of sp³-hybridized carbons (Fsp3) is 0.500. The number of rotatable bonds is 2. The number of ether oxygens (including phenoxy) is 1. The van der Waals surface area contributed by atoms with Crippen LogP contribution in [0.15, 0.2) is 24.3 Å². The number of benzene rings is 1. The van der Waals surface area contributed by atoms with Crippen LogP contribution in [0.25, 0.3) is 10.9 Å². The van der Waals surface area contributed by atoms with Gasteiger partial charge in [0.2, 0.25) is 0 Å². The number of anilines is 1. The minimum Gasteiger partial charge on any atom is -0.383 e. The summed E-state index contributed by atoms with van der Waals surface area (Å²) < 4.78 is 5.62. The molecule has 3 heterocycles. The molecular formula is C16H20N4OS. The molecule has 2 aliphatic rings. The Morgan fingerprint density at radius 3 is 3.18 bits per heavy atom. The van der Waals surface area contributed by atoms with Crippen molar-refractivity contribution >= 4 is 28.5 Å². The molecule has 116 valence electrons. The molecule has 5 nitrogen and oxygen atoms in total. The fourth-order valence-electron chi connectivity index (χ4n) is 3.36. The van der Waals surface area contributed by atoms with Crippen molar-refractivity contribution in [2.45, 2.75) is 24.3 Å². The van der Waals surface area contributed by atoms with Gasteiger partial charge < -0.3 is 10.5 Å². The van der Waals surface area contributed by atoms with E-state index in [1.54, 1.807) is 0 Å². The molecule has 0 spiro atoms. The normalized spacial score (nSPS) is 26.0. The monoisotopic (exact) mass is 316 g/mol. The highest BCUT2D eigenvalue weighted by molar-refractivity contribution is 8.00. The first-order valence-electron chi connectivity index (χ1n) is 7.76. The van der Waals surface area contributed by atoms with Gasteiger partial charge in [-0.15, -0.1) is 0 Å². The minimum absolute atomic E-state index is 0.573. The summed E-state index contributed by atoms with van der Waals surface area (Å²) in [5.41, 5.74) is 7.03. The number of fused-ring (bicyclic) bond motifs is 2. The zero-order valence-corrected chi connectivity index (χ0v) is 13.3. The van der Waals surface area contributed by atoms with Crippen molar-refractivity contribution in [3.05, 3.63) is 30.1 Å². The zero-order valence-electron chi connectivity index (χ0n) is 12.4. The van der Waals surface area contributed by atoms with Crippen molar-refractivity contribution in [1.29, 1.82) is 0 Å². The Kier molecular flexibility index (Phi) is 3.90. The van der Waals surface area contributed by atoms with Crippen molar-refractivity contribution in [2.75, 3.05) is 31.2 Å². The van der Waals surface area contributed by atoms with Crippen LogP contribution >= 0.6 is 11.8 Å². The Bertz CT molecular complexity index is 678. The number of thioether (sulfide) groups is 1. The highest BCUT2D eigenvalue weighted by Crippen LogP contribution is 2.31. The number of nitrogen functional groups attached to an aromatic ring is 1. The van der Waals surface area contributed by atoms with Crippen LogP contribution in [-0.4, -0.2) is 51.7 Å². The van der Waals surface area contributed by atoms with E-state index in [0.717, 1.165) is 55.2 Å². The third-order valence-electron chi connectivity index (χ3n) is 4.47. The van der Waals surface area contributed by atoms with Gasteiger partial charge in [0.1, 0.15) is 11.6 Å². The molecule has 22 heavy (non-hydrogen) atoms. The molecule has 2 saturated heterocycles. The van der Waals surface area contributed by atoms with Crippen molar-refractivity contribution in [2.24, 2.45) is 0 Å². The summed E-state index contributed by atoms with van der Waals surface area (Å²) >= 11 is 2.03. The van der Waals surface area contributed by atoms with Gasteiger partial charge in [-0.2, -0.15) is 11.8 Å². The highest BCUT2D eigenvalue weighted by atomic mass is 32.2. The average Bonchev–Trinajstić information content (AvgIpc) is 2.55. The van der Waals surface area contributed by atoms with Gasteiger partial charge >= 0.3 is 0 Å². The first-order valence-corrected chi connectivity index (χ1v) is 8.80. The third kappa shape index (κ3) is 2.66. The molecule has 2 fully saturated rings. The van der Waals surface area contributed by atoms with Crippen LogP contribution in [0, 0.1) is 0 Å². The lowest BCUT2D eigenvalue weighted by molar-refractivity contribution is 0.0343. The van der Waals surface area contributed by atoms with Gasteiger partial charge in [0, 0.05) is 35.6 Å². The van der Waals surface area contributed by atoms with E-state index in [9.17, 15) is 0 Å². The number of nitrogens with two attached hydrogens (primary N) is 1.